The molecule has 112 valence electrons. The van der Waals surface area contributed by atoms with Gasteiger partial charge < -0.3 is 14.6 Å². The highest BCUT2D eigenvalue weighted by Crippen LogP contribution is 2.30. The van der Waals surface area contributed by atoms with Crippen LogP contribution in [0.2, 0.25) is 5.02 Å². The van der Waals surface area contributed by atoms with E-state index in [1.807, 2.05) is 18.2 Å². The van der Waals surface area contributed by atoms with E-state index in [9.17, 15) is 5.11 Å². The average molecular weight is 372 g/mol. The lowest BCUT2D eigenvalue weighted by atomic mass is 10.1. The minimum Gasteiger partial charge on any atom is -0.496 e. The van der Waals surface area contributed by atoms with Crippen molar-refractivity contribution in [2.75, 3.05) is 7.11 Å². The van der Waals surface area contributed by atoms with Gasteiger partial charge in [-0.2, -0.15) is 0 Å². The van der Waals surface area contributed by atoms with Crippen LogP contribution in [0, 0.1) is 0 Å². The number of hydrogen-bond acceptors (Lipinski definition) is 3. The minimum atomic E-state index is -0.638. The van der Waals surface area contributed by atoms with Gasteiger partial charge in [0.2, 0.25) is 0 Å². The molecule has 0 spiro atoms. The Labute approximate surface area is 137 Å². The predicted molar refractivity (Wildman–Crippen MR) is 87.1 cm³/mol. The summed E-state index contributed by atoms with van der Waals surface area (Å²) < 4.78 is 11.9. The molecule has 0 heterocycles. The van der Waals surface area contributed by atoms with E-state index in [1.165, 1.54) is 0 Å². The highest BCUT2D eigenvalue weighted by molar-refractivity contribution is 9.10. The largest absolute Gasteiger partial charge is 0.496 e. The van der Waals surface area contributed by atoms with Crippen LogP contribution in [0.15, 0.2) is 40.9 Å². The number of methoxy groups -OCH3 is 1. The molecule has 0 aliphatic heterocycles. The number of aliphatic hydroxyl groups excluding tert-OH is 1. The standard InChI is InChI=1S/C16H16BrClO3/c1-10(19)13-8-12(18)4-6-15(13)21-9-11-3-5-16(20-2)14(17)7-11/h3-8,10,19H,9H2,1-2H3/t10-/m1/s1. The molecule has 2 aromatic rings. The maximum absolute atomic E-state index is 9.78. The fraction of sp³-hybridized carbons (Fsp3) is 0.250. The normalized spacial score (nSPS) is 12.0. The highest BCUT2D eigenvalue weighted by atomic mass is 79.9. The van der Waals surface area contributed by atoms with Crippen LogP contribution in [-0.4, -0.2) is 12.2 Å². The summed E-state index contributed by atoms with van der Waals surface area (Å²) >= 11 is 9.39. The van der Waals surface area contributed by atoms with Crippen LogP contribution in [0.25, 0.3) is 0 Å². The first kappa shape index (κ1) is 16.1. The molecule has 0 radical (unpaired) electrons. The molecule has 0 fully saturated rings. The molecule has 1 atom stereocenters. The maximum Gasteiger partial charge on any atom is 0.133 e. The number of benzene rings is 2. The number of halogens is 2. The fourth-order valence-corrected chi connectivity index (χ4v) is 2.71. The Kier molecular flexibility index (Phi) is 5.51. The number of ether oxygens (including phenoxy) is 2. The smallest absolute Gasteiger partial charge is 0.133 e. The molecule has 0 aliphatic rings. The Morgan fingerprint density at radius 1 is 1.19 bits per heavy atom. The Morgan fingerprint density at radius 2 is 1.90 bits per heavy atom. The van der Waals surface area contributed by atoms with Crippen LogP contribution in [0.1, 0.15) is 24.2 Å². The van der Waals surface area contributed by atoms with Crippen molar-refractivity contribution in [2.24, 2.45) is 0 Å². The van der Waals surface area contributed by atoms with Gasteiger partial charge in [0, 0.05) is 10.6 Å². The van der Waals surface area contributed by atoms with E-state index >= 15 is 0 Å². The van der Waals surface area contributed by atoms with Gasteiger partial charge in [-0.3, -0.25) is 0 Å². The third kappa shape index (κ3) is 4.13. The van der Waals surface area contributed by atoms with Crippen molar-refractivity contribution in [1.82, 2.24) is 0 Å². The van der Waals surface area contributed by atoms with Crippen molar-refractivity contribution >= 4 is 27.5 Å². The summed E-state index contributed by atoms with van der Waals surface area (Å²) in [6.07, 6.45) is -0.638. The van der Waals surface area contributed by atoms with Gasteiger partial charge in [-0.05, 0) is 58.7 Å². The van der Waals surface area contributed by atoms with Crippen molar-refractivity contribution in [2.45, 2.75) is 19.6 Å². The van der Waals surface area contributed by atoms with Crippen LogP contribution in [-0.2, 0) is 6.61 Å². The molecule has 0 amide bonds. The predicted octanol–water partition coefficient (Wildman–Crippen LogP) is 4.74. The summed E-state index contributed by atoms with van der Waals surface area (Å²) in [7, 11) is 1.62. The van der Waals surface area contributed by atoms with Gasteiger partial charge in [-0.25, -0.2) is 0 Å². The summed E-state index contributed by atoms with van der Waals surface area (Å²) in [6.45, 7) is 2.08. The fourth-order valence-electron chi connectivity index (χ4n) is 1.94. The van der Waals surface area contributed by atoms with Crippen molar-refractivity contribution in [3.05, 3.63) is 57.0 Å². The van der Waals surface area contributed by atoms with Crippen molar-refractivity contribution < 1.29 is 14.6 Å². The molecule has 5 heteroatoms. The summed E-state index contributed by atoms with van der Waals surface area (Å²) in [5.41, 5.74) is 1.67. The van der Waals surface area contributed by atoms with Crippen molar-refractivity contribution in [3.63, 3.8) is 0 Å². The second kappa shape index (κ2) is 7.16. The van der Waals surface area contributed by atoms with Gasteiger partial charge in [0.25, 0.3) is 0 Å². The number of aliphatic hydroxyl groups is 1. The molecule has 0 saturated carbocycles. The SMILES string of the molecule is COc1ccc(COc2ccc(Cl)cc2[C@@H](C)O)cc1Br. The second-order valence-corrected chi connectivity index (χ2v) is 5.91. The zero-order valence-corrected chi connectivity index (χ0v) is 14.1. The molecule has 1 N–H and O–H groups in total. The van der Waals surface area contributed by atoms with E-state index in [2.05, 4.69) is 15.9 Å². The maximum atomic E-state index is 9.78. The van der Waals surface area contributed by atoms with E-state index < -0.39 is 6.10 Å². The molecule has 0 saturated heterocycles. The monoisotopic (exact) mass is 370 g/mol. The Bertz CT molecular complexity index is 629. The first-order chi connectivity index (χ1) is 10.0. The zero-order chi connectivity index (χ0) is 15.4. The van der Waals surface area contributed by atoms with Crippen LogP contribution >= 0.6 is 27.5 Å². The van der Waals surface area contributed by atoms with Crippen LogP contribution in [0.5, 0.6) is 11.5 Å². The number of rotatable bonds is 5. The second-order valence-electron chi connectivity index (χ2n) is 4.62. The molecule has 2 rings (SSSR count). The summed E-state index contributed by atoms with van der Waals surface area (Å²) in [4.78, 5) is 0. The third-order valence-corrected chi connectivity index (χ3v) is 3.89. The van der Waals surface area contributed by atoms with E-state index in [1.54, 1.807) is 32.2 Å². The molecule has 2 aromatic carbocycles. The highest BCUT2D eigenvalue weighted by Gasteiger charge is 2.10. The topological polar surface area (TPSA) is 38.7 Å². The Morgan fingerprint density at radius 3 is 2.52 bits per heavy atom. The Balaban J connectivity index is 2.15. The molecular formula is C16H16BrClO3. The van der Waals surface area contributed by atoms with Crippen molar-refractivity contribution in [3.8, 4) is 11.5 Å². The lowest BCUT2D eigenvalue weighted by molar-refractivity contribution is 0.190. The first-order valence-corrected chi connectivity index (χ1v) is 7.61. The van der Waals surface area contributed by atoms with E-state index in [0.29, 0.717) is 22.9 Å². The first-order valence-electron chi connectivity index (χ1n) is 6.44. The van der Waals surface area contributed by atoms with Gasteiger partial charge in [-0.15, -0.1) is 0 Å². The third-order valence-electron chi connectivity index (χ3n) is 3.03. The van der Waals surface area contributed by atoms with Gasteiger partial charge >= 0.3 is 0 Å². The van der Waals surface area contributed by atoms with Crippen LogP contribution < -0.4 is 9.47 Å². The van der Waals surface area contributed by atoms with Gasteiger partial charge in [0.05, 0.1) is 17.7 Å². The minimum absolute atomic E-state index is 0.393. The van der Waals surface area contributed by atoms with E-state index in [0.717, 1.165) is 15.8 Å². The molecule has 0 bridgehead atoms. The summed E-state index contributed by atoms with van der Waals surface area (Å²) in [5, 5.41) is 10.4. The van der Waals surface area contributed by atoms with Gasteiger partial charge in [0.15, 0.2) is 0 Å². The lowest BCUT2D eigenvalue weighted by Crippen LogP contribution is -2.01. The molecule has 21 heavy (non-hydrogen) atoms. The summed E-state index contributed by atoms with van der Waals surface area (Å²) in [6, 6.07) is 11.0. The van der Waals surface area contributed by atoms with E-state index in [-0.39, 0.29) is 0 Å². The van der Waals surface area contributed by atoms with Crippen LogP contribution in [0.4, 0.5) is 0 Å². The quantitative estimate of drug-likeness (QED) is 0.825. The Hall–Kier alpha value is -1.23. The molecule has 0 unspecified atom stereocenters. The molecular weight excluding hydrogens is 356 g/mol. The molecule has 0 aromatic heterocycles. The van der Waals surface area contributed by atoms with Crippen molar-refractivity contribution in [1.29, 1.82) is 0 Å². The van der Waals surface area contributed by atoms with Gasteiger partial charge in [-0.1, -0.05) is 17.7 Å². The van der Waals surface area contributed by atoms with Gasteiger partial charge in [0.1, 0.15) is 18.1 Å². The van der Waals surface area contributed by atoms with Crippen LogP contribution in [0.3, 0.4) is 0 Å². The number of hydrogen-bond donors (Lipinski definition) is 1. The summed E-state index contributed by atoms with van der Waals surface area (Å²) in [5.74, 6) is 1.40. The molecule has 0 aliphatic carbocycles. The molecule has 3 nitrogen and oxygen atoms in total. The lowest BCUT2D eigenvalue weighted by Gasteiger charge is -2.14. The van der Waals surface area contributed by atoms with E-state index in [4.69, 9.17) is 21.1 Å². The zero-order valence-electron chi connectivity index (χ0n) is 11.8. The average Bonchev–Trinajstić information content (AvgIpc) is 2.46.